The molecule has 2 heterocycles. The number of carbonyl (C=O) groups excluding carboxylic acids is 1. The quantitative estimate of drug-likeness (QED) is 0.172. The predicted molar refractivity (Wildman–Crippen MR) is 172 cm³/mol. The van der Waals surface area contributed by atoms with Crippen LogP contribution in [0, 0.1) is 12.3 Å². The van der Waals surface area contributed by atoms with Crippen LogP contribution in [0.2, 0.25) is 5.02 Å². The molecule has 226 valence electrons. The highest BCUT2D eigenvalue weighted by atomic mass is 35.5. The summed E-state index contributed by atoms with van der Waals surface area (Å²) in [6, 6.07) is 14.2. The third kappa shape index (κ3) is 5.71. The van der Waals surface area contributed by atoms with E-state index in [9.17, 15) is 9.59 Å². The van der Waals surface area contributed by atoms with Crippen molar-refractivity contribution >= 4 is 45.8 Å². The highest BCUT2D eigenvalue weighted by molar-refractivity contribution is 7.07. The molecule has 8 nitrogen and oxygen atoms in total. The molecule has 3 aromatic carbocycles. The number of benzene rings is 3. The molecule has 5 rings (SSSR count). The van der Waals surface area contributed by atoms with E-state index < -0.39 is 12.0 Å². The van der Waals surface area contributed by atoms with E-state index in [0.717, 1.165) is 17.2 Å². The zero-order valence-corrected chi connectivity index (χ0v) is 26.4. The Morgan fingerprint density at radius 2 is 1.91 bits per heavy atom. The summed E-state index contributed by atoms with van der Waals surface area (Å²) in [5, 5.41) is 2.08. The van der Waals surface area contributed by atoms with Crippen LogP contribution in [0.3, 0.4) is 0 Å². The number of hydrogen-bond acceptors (Lipinski definition) is 8. The number of ether oxygens (including phenoxy) is 4. The highest BCUT2D eigenvalue weighted by Crippen LogP contribution is 2.41. The van der Waals surface area contributed by atoms with Gasteiger partial charge in [-0.05, 0) is 54.0 Å². The largest absolute Gasteiger partial charge is 0.496 e. The van der Waals surface area contributed by atoms with Crippen LogP contribution in [0.25, 0.3) is 16.8 Å². The lowest BCUT2D eigenvalue weighted by Crippen LogP contribution is -2.40. The Hall–Kier alpha value is -4.52. The topological polar surface area (TPSA) is 88.4 Å². The monoisotopic (exact) mass is 630 g/mol. The minimum absolute atomic E-state index is 0.0224. The number of fused-ring (bicyclic) bond motifs is 2. The summed E-state index contributed by atoms with van der Waals surface area (Å²) in [6.07, 6.45) is 8.32. The van der Waals surface area contributed by atoms with Gasteiger partial charge >= 0.3 is 5.97 Å². The maximum absolute atomic E-state index is 14.3. The van der Waals surface area contributed by atoms with Gasteiger partial charge in [0.05, 0.1) is 41.7 Å². The predicted octanol–water partition coefficient (Wildman–Crippen LogP) is 5.41. The number of terminal acetylenes is 1. The number of carbonyl (C=O) groups is 1. The number of methoxy groups -OCH3 is 2. The van der Waals surface area contributed by atoms with Crippen molar-refractivity contribution < 1.29 is 23.7 Å². The Morgan fingerprint density at radius 3 is 2.61 bits per heavy atom. The smallest absolute Gasteiger partial charge is 0.338 e. The lowest BCUT2D eigenvalue weighted by atomic mass is 9.90. The van der Waals surface area contributed by atoms with Crippen LogP contribution in [0.1, 0.15) is 43.9 Å². The molecule has 0 unspecified atom stereocenters. The number of nitrogens with zero attached hydrogens (tertiary/aromatic N) is 2. The van der Waals surface area contributed by atoms with Crippen molar-refractivity contribution in [2.45, 2.75) is 32.7 Å². The molecule has 0 radical (unpaired) electrons. The van der Waals surface area contributed by atoms with Crippen molar-refractivity contribution in [2.75, 3.05) is 27.4 Å². The fraction of sp³-hybridized carbons (Fsp3) is 0.265. The van der Waals surface area contributed by atoms with Gasteiger partial charge in [-0.1, -0.05) is 72.5 Å². The normalized spacial score (nSPS) is 14.5. The molecule has 0 fully saturated rings. The third-order valence-corrected chi connectivity index (χ3v) is 8.43. The first-order chi connectivity index (χ1) is 21.4. The van der Waals surface area contributed by atoms with Crippen LogP contribution in [0.15, 0.2) is 69.6 Å². The van der Waals surface area contributed by atoms with Crippen molar-refractivity contribution in [3.63, 3.8) is 0 Å². The van der Waals surface area contributed by atoms with Gasteiger partial charge in [-0.3, -0.25) is 9.36 Å². The fourth-order valence-electron chi connectivity index (χ4n) is 5.36. The first-order valence-corrected chi connectivity index (χ1v) is 15.3. The molecule has 0 aliphatic carbocycles. The van der Waals surface area contributed by atoms with Gasteiger partial charge in [-0.2, -0.15) is 0 Å². The van der Waals surface area contributed by atoms with Gasteiger partial charge in [0.1, 0.15) is 18.4 Å². The SMILES string of the molecule is C#CCOc1c(Cl)cc(C=c2sc3n(c2=O)[C@@H](c2c(OC)ccc4ccccc24)C(C(=O)OCC)=C(CCC)N=3)cc1OC. The van der Waals surface area contributed by atoms with E-state index in [1.54, 1.807) is 36.8 Å². The molecule has 1 aliphatic heterocycles. The summed E-state index contributed by atoms with van der Waals surface area (Å²) >= 11 is 7.75. The molecule has 10 heteroatoms. The fourth-order valence-corrected chi connectivity index (χ4v) is 6.65. The zero-order valence-electron chi connectivity index (χ0n) is 24.8. The number of allylic oxidation sites excluding steroid dienone is 1. The van der Waals surface area contributed by atoms with Crippen LogP contribution in [-0.4, -0.2) is 38.0 Å². The van der Waals surface area contributed by atoms with E-state index in [-0.39, 0.29) is 23.8 Å². The number of esters is 1. The molecular weight excluding hydrogens is 600 g/mol. The Balaban J connectivity index is 1.82. The molecule has 0 N–H and O–H groups in total. The summed E-state index contributed by atoms with van der Waals surface area (Å²) in [4.78, 5) is 33.3. The molecule has 0 saturated heterocycles. The van der Waals surface area contributed by atoms with E-state index in [0.29, 0.717) is 55.4 Å². The average molecular weight is 631 g/mol. The Morgan fingerprint density at radius 1 is 1.14 bits per heavy atom. The molecule has 0 saturated carbocycles. The van der Waals surface area contributed by atoms with Crippen LogP contribution in [0.4, 0.5) is 0 Å². The summed E-state index contributed by atoms with van der Waals surface area (Å²) in [6.45, 7) is 3.97. The molecule has 1 atom stereocenters. The molecular formula is C34H31ClN2O6S. The second-order valence-electron chi connectivity index (χ2n) is 9.84. The van der Waals surface area contributed by atoms with Gasteiger partial charge < -0.3 is 18.9 Å². The molecule has 0 amide bonds. The third-order valence-electron chi connectivity index (χ3n) is 7.17. The van der Waals surface area contributed by atoms with Gasteiger partial charge in [0.25, 0.3) is 5.56 Å². The average Bonchev–Trinajstić information content (AvgIpc) is 3.33. The van der Waals surface area contributed by atoms with E-state index in [1.807, 2.05) is 43.3 Å². The van der Waals surface area contributed by atoms with Crippen molar-refractivity contribution in [1.29, 1.82) is 0 Å². The van der Waals surface area contributed by atoms with Gasteiger partial charge in [0.2, 0.25) is 0 Å². The zero-order chi connectivity index (χ0) is 31.4. The van der Waals surface area contributed by atoms with Gasteiger partial charge in [0.15, 0.2) is 16.3 Å². The molecule has 0 bridgehead atoms. The number of rotatable bonds is 10. The summed E-state index contributed by atoms with van der Waals surface area (Å²) in [7, 11) is 3.07. The van der Waals surface area contributed by atoms with Crippen molar-refractivity contribution in [3.05, 3.63) is 95.6 Å². The molecule has 44 heavy (non-hydrogen) atoms. The van der Waals surface area contributed by atoms with Crippen LogP contribution < -0.4 is 29.1 Å². The molecule has 4 aromatic rings. The first kappa shape index (κ1) is 30.9. The van der Waals surface area contributed by atoms with Crippen molar-refractivity contribution in [2.24, 2.45) is 4.99 Å². The summed E-state index contributed by atoms with van der Waals surface area (Å²) in [5.74, 6) is 3.12. The number of aromatic nitrogens is 1. The minimum atomic E-state index is -0.840. The molecule has 1 aliphatic rings. The Bertz CT molecular complexity index is 2000. The first-order valence-electron chi connectivity index (χ1n) is 14.1. The van der Waals surface area contributed by atoms with Crippen molar-refractivity contribution in [3.8, 4) is 29.6 Å². The second-order valence-corrected chi connectivity index (χ2v) is 11.3. The number of hydrogen-bond donors (Lipinski definition) is 0. The van der Waals surface area contributed by atoms with Gasteiger partial charge in [-0.25, -0.2) is 9.79 Å². The van der Waals surface area contributed by atoms with Crippen LogP contribution in [0.5, 0.6) is 17.2 Å². The summed E-state index contributed by atoms with van der Waals surface area (Å²) in [5.41, 5.74) is 1.88. The lowest BCUT2D eigenvalue weighted by Gasteiger charge is -2.28. The standard InChI is InChI=1S/C34H31ClN2O6S/c1-6-11-24-29(33(39)42-8-3)30(28-22-13-10-9-12-21(22)14-15-25(28)40-4)37-32(38)27(44-34(37)36-24)19-20-17-23(35)31(43-16-7-2)26(18-20)41-5/h2,9-10,12-15,17-19,30H,6,8,11,16H2,1,3-5H3/t30-/m0/s1. The van der Waals surface area contributed by atoms with Crippen LogP contribution in [-0.2, 0) is 9.53 Å². The number of thiazole rings is 1. The van der Waals surface area contributed by atoms with Gasteiger partial charge in [0, 0.05) is 5.56 Å². The Kier molecular flexibility index (Phi) is 9.43. The highest BCUT2D eigenvalue weighted by Gasteiger charge is 2.37. The van der Waals surface area contributed by atoms with E-state index in [4.69, 9.17) is 42.0 Å². The summed E-state index contributed by atoms with van der Waals surface area (Å²) < 4.78 is 24.4. The Labute approximate surface area is 263 Å². The van der Waals surface area contributed by atoms with Crippen LogP contribution >= 0.6 is 22.9 Å². The van der Waals surface area contributed by atoms with E-state index in [1.165, 1.54) is 18.4 Å². The maximum atomic E-state index is 14.3. The maximum Gasteiger partial charge on any atom is 0.338 e. The molecule has 1 aromatic heterocycles. The number of halogens is 1. The minimum Gasteiger partial charge on any atom is -0.496 e. The molecule has 0 spiro atoms. The van der Waals surface area contributed by atoms with Gasteiger partial charge in [-0.15, -0.1) is 6.42 Å². The van der Waals surface area contributed by atoms with E-state index >= 15 is 0 Å². The lowest BCUT2D eigenvalue weighted by molar-refractivity contribution is -0.139. The van der Waals surface area contributed by atoms with Crippen molar-refractivity contribution in [1.82, 2.24) is 4.57 Å². The van der Waals surface area contributed by atoms with E-state index in [2.05, 4.69) is 5.92 Å². The second kappa shape index (κ2) is 13.4.